The molecular formula is C29H27N7O3S. The number of benzene rings is 3. The van der Waals surface area contributed by atoms with Crippen molar-refractivity contribution >= 4 is 34.7 Å². The van der Waals surface area contributed by atoms with Gasteiger partial charge in [-0.2, -0.15) is 9.78 Å². The number of hydrogen-bond donors (Lipinski definition) is 2. The molecule has 0 aliphatic heterocycles. The molecule has 0 atom stereocenters. The summed E-state index contributed by atoms with van der Waals surface area (Å²) >= 11 is 1.17. The second kappa shape index (κ2) is 11.5. The van der Waals surface area contributed by atoms with Gasteiger partial charge in [0.15, 0.2) is 0 Å². The molecule has 202 valence electrons. The van der Waals surface area contributed by atoms with Gasteiger partial charge < -0.3 is 5.11 Å². The van der Waals surface area contributed by atoms with Crippen LogP contribution in [0.15, 0.2) is 87.8 Å². The Bertz CT molecular complexity index is 1780. The predicted octanol–water partition coefficient (Wildman–Crippen LogP) is 4.35. The Morgan fingerprint density at radius 2 is 1.75 bits per heavy atom. The Balaban J connectivity index is 1.37. The lowest BCUT2D eigenvalue weighted by Crippen LogP contribution is -2.22. The monoisotopic (exact) mass is 553 g/mol. The van der Waals surface area contributed by atoms with Crippen LogP contribution in [0.3, 0.4) is 0 Å². The van der Waals surface area contributed by atoms with Crippen molar-refractivity contribution in [3.05, 3.63) is 99.8 Å². The number of aryl methyl sites for hydroxylation is 1. The van der Waals surface area contributed by atoms with Gasteiger partial charge in [0.25, 0.3) is 11.5 Å². The topological polar surface area (TPSA) is 127 Å². The van der Waals surface area contributed by atoms with Crippen molar-refractivity contribution in [3.8, 4) is 17.3 Å². The van der Waals surface area contributed by atoms with Crippen LogP contribution in [0.2, 0.25) is 0 Å². The van der Waals surface area contributed by atoms with Gasteiger partial charge in [-0.05, 0) is 58.7 Å². The Hall–Kier alpha value is -4.77. The Kier molecular flexibility index (Phi) is 7.74. The molecule has 2 aromatic heterocycles. The summed E-state index contributed by atoms with van der Waals surface area (Å²) in [5.74, 6) is -0.318. The normalized spacial score (nSPS) is 11.5. The van der Waals surface area contributed by atoms with Crippen molar-refractivity contribution in [3.63, 3.8) is 0 Å². The van der Waals surface area contributed by atoms with E-state index in [1.54, 1.807) is 41.1 Å². The number of fused-ring (bicyclic) bond motifs is 1. The number of aromatic hydroxyl groups is 1. The molecule has 0 radical (unpaired) electrons. The zero-order valence-electron chi connectivity index (χ0n) is 22.1. The van der Waals surface area contributed by atoms with Crippen molar-refractivity contribution in [2.45, 2.75) is 31.8 Å². The summed E-state index contributed by atoms with van der Waals surface area (Å²) < 4.78 is 2.83. The van der Waals surface area contributed by atoms with Crippen LogP contribution >= 0.6 is 11.8 Å². The molecule has 5 rings (SSSR count). The van der Waals surface area contributed by atoms with Gasteiger partial charge in [-0.3, -0.25) is 9.59 Å². The minimum Gasteiger partial charge on any atom is -0.494 e. The van der Waals surface area contributed by atoms with Crippen LogP contribution < -0.4 is 11.0 Å². The van der Waals surface area contributed by atoms with Crippen LogP contribution in [0, 0.1) is 6.92 Å². The minimum absolute atomic E-state index is 0.0119. The molecular weight excluding hydrogens is 526 g/mol. The number of thioether (sulfide) groups is 1. The standard InChI is InChI=1S/C29H27N7O3S/c1-18(2)20-12-14-21(15-13-20)35-27(38)23-10-6-5-9-22(23)24(28(35)39)16-30-31-26(37)17-40-29-32-33-34-36(29)25-11-7-4-8-19(25)3/h4-16,18,39H,17H2,1-3H3,(H,31,37). The molecule has 0 spiro atoms. The maximum absolute atomic E-state index is 13.3. The lowest BCUT2D eigenvalue weighted by atomic mass is 10.0. The third kappa shape index (κ3) is 5.36. The van der Waals surface area contributed by atoms with Crippen molar-refractivity contribution in [2.24, 2.45) is 5.10 Å². The van der Waals surface area contributed by atoms with Crippen molar-refractivity contribution < 1.29 is 9.90 Å². The van der Waals surface area contributed by atoms with E-state index in [2.05, 4.69) is 39.9 Å². The fourth-order valence-corrected chi connectivity index (χ4v) is 4.97. The molecule has 11 heteroatoms. The fraction of sp³-hybridized carbons (Fsp3) is 0.172. The average molecular weight is 554 g/mol. The number of hydrazone groups is 1. The first kappa shape index (κ1) is 26.8. The van der Waals surface area contributed by atoms with Crippen LogP contribution in [0.4, 0.5) is 0 Å². The van der Waals surface area contributed by atoms with Crippen LogP contribution in [-0.4, -0.2) is 47.8 Å². The number of rotatable bonds is 8. The van der Waals surface area contributed by atoms with E-state index in [-0.39, 0.29) is 23.1 Å². The molecule has 0 saturated heterocycles. The molecule has 40 heavy (non-hydrogen) atoms. The van der Waals surface area contributed by atoms with E-state index in [1.165, 1.54) is 22.5 Å². The molecule has 2 heterocycles. The van der Waals surface area contributed by atoms with E-state index < -0.39 is 0 Å². The molecule has 2 N–H and O–H groups in total. The van der Waals surface area contributed by atoms with Gasteiger partial charge in [-0.25, -0.2) is 9.99 Å². The van der Waals surface area contributed by atoms with Crippen molar-refractivity contribution in [1.29, 1.82) is 0 Å². The smallest absolute Gasteiger partial charge is 0.265 e. The zero-order valence-corrected chi connectivity index (χ0v) is 23.0. The maximum atomic E-state index is 13.3. The van der Waals surface area contributed by atoms with Gasteiger partial charge in [-0.1, -0.05) is 74.1 Å². The summed E-state index contributed by atoms with van der Waals surface area (Å²) in [5.41, 5.74) is 5.90. The van der Waals surface area contributed by atoms with E-state index >= 15 is 0 Å². The number of hydrogen-bond acceptors (Lipinski definition) is 8. The summed E-state index contributed by atoms with van der Waals surface area (Å²) in [7, 11) is 0. The van der Waals surface area contributed by atoms with Crippen LogP contribution in [0.5, 0.6) is 5.88 Å². The molecule has 1 amide bonds. The van der Waals surface area contributed by atoms with Crippen molar-refractivity contribution in [2.75, 3.05) is 5.75 Å². The van der Waals surface area contributed by atoms with Crippen LogP contribution in [0.25, 0.3) is 22.1 Å². The number of nitrogens with one attached hydrogen (secondary N) is 1. The molecule has 5 aromatic rings. The van der Waals surface area contributed by atoms with Gasteiger partial charge in [0, 0.05) is 10.8 Å². The first-order chi connectivity index (χ1) is 19.3. The zero-order chi connectivity index (χ0) is 28.2. The number of amides is 1. The second-order valence-electron chi connectivity index (χ2n) is 9.41. The van der Waals surface area contributed by atoms with E-state index in [4.69, 9.17) is 0 Å². The van der Waals surface area contributed by atoms with Gasteiger partial charge in [0.2, 0.25) is 11.0 Å². The number of carbonyl (C=O) groups excluding carboxylic acids is 1. The molecule has 0 aliphatic rings. The number of aromatic nitrogens is 5. The summed E-state index contributed by atoms with van der Waals surface area (Å²) in [6.45, 7) is 6.13. The third-order valence-corrected chi connectivity index (χ3v) is 7.34. The minimum atomic E-state index is -0.387. The predicted molar refractivity (Wildman–Crippen MR) is 156 cm³/mol. The largest absolute Gasteiger partial charge is 0.494 e. The summed E-state index contributed by atoms with van der Waals surface area (Å²) in [5, 5.41) is 28.5. The molecule has 3 aromatic carbocycles. The van der Waals surface area contributed by atoms with Crippen molar-refractivity contribution in [1.82, 2.24) is 30.2 Å². The van der Waals surface area contributed by atoms with Gasteiger partial charge >= 0.3 is 0 Å². The first-order valence-corrected chi connectivity index (χ1v) is 13.6. The summed E-state index contributed by atoms with van der Waals surface area (Å²) in [6, 6.07) is 22.1. The highest BCUT2D eigenvalue weighted by molar-refractivity contribution is 7.99. The molecule has 0 bridgehead atoms. The molecule has 0 aliphatic carbocycles. The average Bonchev–Trinajstić information content (AvgIpc) is 3.43. The number of para-hydroxylation sites is 1. The second-order valence-corrected chi connectivity index (χ2v) is 10.4. The highest BCUT2D eigenvalue weighted by Gasteiger charge is 2.17. The fourth-order valence-electron chi connectivity index (χ4n) is 4.29. The Morgan fingerprint density at radius 1 is 1.05 bits per heavy atom. The summed E-state index contributed by atoms with van der Waals surface area (Å²) in [4.78, 5) is 25.9. The molecule has 0 saturated carbocycles. The van der Waals surface area contributed by atoms with E-state index in [1.807, 2.05) is 43.3 Å². The number of carbonyl (C=O) groups is 1. The highest BCUT2D eigenvalue weighted by atomic mass is 32.2. The lowest BCUT2D eigenvalue weighted by Gasteiger charge is -2.14. The van der Waals surface area contributed by atoms with Gasteiger partial charge in [0.1, 0.15) is 0 Å². The SMILES string of the molecule is Cc1ccccc1-n1nnnc1SCC(=O)NN=Cc1c(O)n(-c2ccc(C(C)C)cc2)c(=O)c2ccccc12. The summed E-state index contributed by atoms with van der Waals surface area (Å²) in [6.07, 6.45) is 1.34. The van der Waals surface area contributed by atoms with Gasteiger partial charge in [0.05, 0.1) is 28.9 Å². The number of nitrogens with zero attached hydrogens (tertiary/aromatic N) is 6. The van der Waals surface area contributed by atoms with E-state index in [0.29, 0.717) is 33.1 Å². The van der Waals surface area contributed by atoms with E-state index in [0.717, 1.165) is 16.8 Å². The van der Waals surface area contributed by atoms with E-state index in [9.17, 15) is 14.7 Å². The molecule has 10 nitrogen and oxygen atoms in total. The first-order valence-electron chi connectivity index (χ1n) is 12.6. The Morgan fingerprint density at radius 3 is 2.48 bits per heavy atom. The quantitative estimate of drug-likeness (QED) is 0.166. The molecule has 0 unspecified atom stereocenters. The maximum Gasteiger partial charge on any atom is 0.265 e. The lowest BCUT2D eigenvalue weighted by molar-refractivity contribution is -0.118. The molecule has 0 fully saturated rings. The van der Waals surface area contributed by atoms with Crippen LogP contribution in [-0.2, 0) is 4.79 Å². The third-order valence-electron chi connectivity index (χ3n) is 6.42. The number of pyridine rings is 1. The van der Waals surface area contributed by atoms with Gasteiger partial charge in [-0.15, -0.1) is 5.10 Å². The number of tetrazole rings is 1. The Labute approximate surface area is 234 Å². The van der Waals surface area contributed by atoms with Crippen LogP contribution in [0.1, 0.15) is 36.5 Å². The highest BCUT2D eigenvalue weighted by Crippen LogP contribution is 2.27.